The van der Waals surface area contributed by atoms with E-state index in [0.29, 0.717) is 0 Å². The zero-order valence-electron chi connectivity index (χ0n) is 9.07. The van der Waals surface area contributed by atoms with E-state index in [4.69, 9.17) is 28.9 Å². The van der Waals surface area contributed by atoms with Crippen LogP contribution in [0.3, 0.4) is 0 Å². The van der Waals surface area contributed by atoms with Crippen LogP contribution in [0.15, 0.2) is 28.3 Å². The third kappa shape index (κ3) is 2.96. The highest BCUT2D eigenvalue weighted by molar-refractivity contribution is 6.73. The Hall–Kier alpha value is -1.38. The Balaban J connectivity index is 2.41. The second-order valence-electron chi connectivity index (χ2n) is 3.46. The van der Waals surface area contributed by atoms with E-state index < -0.39 is 18.2 Å². The van der Waals surface area contributed by atoms with Gasteiger partial charge >= 0.3 is 6.18 Å². The number of nitrogens with zero attached hydrogens (tertiary/aromatic N) is 4. The molecule has 0 bridgehead atoms. The van der Waals surface area contributed by atoms with Crippen molar-refractivity contribution in [3.05, 3.63) is 24.0 Å². The third-order valence-corrected chi connectivity index (χ3v) is 2.65. The first-order valence-corrected chi connectivity index (χ1v) is 5.60. The van der Waals surface area contributed by atoms with Crippen LogP contribution in [-0.2, 0) is 6.18 Å². The van der Waals surface area contributed by atoms with Gasteiger partial charge in [0.05, 0.1) is 5.69 Å². The molecule has 0 aliphatic carbocycles. The fourth-order valence-corrected chi connectivity index (χ4v) is 1.92. The van der Waals surface area contributed by atoms with Crippen molar-refractivity contribution in [2.45, 2.75) is 12.5 Å². The molecular weight excluding hydrogens is 306 g/mol. The molecule has 0 spiro atoms. The van der Waals surface area contributed by atoms with Crippen molar-refractivity contribution in [3.63, 3.8) is 0 Å². The largest absolute Gasteiger partial charge is 0.433 e. The normalized spacial score (nSPS) is 20.1. The minimum Gasteiger partial charge on any atom is -0.292 e. The van der Waals surface area contributed by atoms with Crippen LogP contribution in [0, 0.1) is 0 Å². The standard InChI is InChI=1S/C9H6Cl2F3N5/c10-6-17-7(11)19(8(15)18-6)4-1-2-16-5(3-4)9(12,13)14/h1-3,8H,15H2. The van der Waals surface area contributed by atoms with E-state index in [9.17, 15) is 13.2 Å². The molecule has 1 aliphatic heterocycles. The van der Waals surface area contributed by atoms with Gasteiger partial charge in [-0.15, -0.1) is 0 Å². The van der Waals surface area contributed by atoms with Gasteiger partial charge in [0, 0.05) is 6.20 Å². The van der Waals surface area contributed by atoms with Crippen molar-refractivity contribution in [2.24, 2.45) is 15.7 Å². The van der Waals surface area contributed by atoms with Crippen LogP contribution >= 0.6 is 23.2 Å². The van der Waals surface area contributed by atoms with Gasteiger partial charge in [-0.2, -0.15) is 18.2 Å². The summed E-state index contributed by atoms with van der Waals surface area (Å²) >= 11 is 11.3. The number of hydrogen-bond donors (Lipinski definition) is 1. The maximum absolute atomic E-state index is 12.6. The summed E-state index contributed by atoms with van der Waals surface area (Å²) in [7, 11) is 0. The van der Waals surface area contributed by atoms with Crippen LogP contribution in [0.2, 0.25) is 0 Å². The Labute approximate surface area is 115 Å². The highest BCUT2D eigenvalue weighted by Crippen LogP contribution is 2.31. The molecule has 0 amide bonds. The van der Waals surface area contributed by atoms with Gasteiger partial charge < -0.3 is 0 Å². The quantitative estimate of drug-likeness (QED) is 0.810. The van der Waals surface area contributed by atoms with E-state index in [0.717, 1.165) is 17.2 Å². The zero-order chi connectivity index (χ0) is 14.2. The Morgan fingerprint density at radius 2 is 2.00 bits per heavy atom. The molecule has 1 aromatic rings. The Morgan fingerprint density at radius 3 is 2.58 bits per heavy atom. The van der Waals surface area contributed by atoms with E-state index in [1.165, 1.54) is 6.07 Å². The molecule has 102 valence electrons. The van der Waals surface area contributed by atoms with Crippen LogP contribution in [-0.4, -0.2) is 21.9 Å². The molecule has 1 aliphatic rings. The number of alkyl halides is 3. The van der Waals surface area contributed by atoms with Gasteiger partial charge in [-0.05, 0) is 35.3 Å². The summed E-state index contributed by atoms with van der Waals surface area (Å²) in [5, 5.41) is -0.342. The lowest BCUT2D eigenvalue weighted by molar-refractivity contribution is -0.141. The lowest BCUT2D eigenvalue weighted by atomic mass is 10.3. The lowest BCUT2D eigenvalue weighted by Gasteiger charge is -2.28. The number of halogens is 5. The van der Waals surface area contributed by atoms with Crippen LogP contribution < -0.4 is 10.6 Å². The number of hydrogen-bond acceptors (Lipinski definition) is 5. The predicted molar refractivity (Wildman–Crippen MR) is 66.3 cm³/mol. The van der Waals surface area contributed by atoms with E-state index in [2.05, 4.69) is 15.0 Å². The summed E-state index contributed by atoms with van der Waals surface area (Å²) in [4.78, 5) is 11.7. The first-order valence-electron chi connectivity index (χ1n) is 4.84. The SMILES string of the molecule is NC1N=C(Cl)N=C(Cl)N1c1ccnc(C(F)(F)F)c1. The molecule has 0 fully saturated rings. The van der Waals surface area contributed by atoms with Crippen LogP contribution in [0.25, 0.3) is 0 Å². The molecule has 1 aromatic heterocycles. The predicted octanol–water partition coefficient (Wildman–Crippen LogP) is 2.35. The second-order valence-corrected chi connectivity index (χ2v) is 4.14. The Morgan fingerprint density at radius 1 is 1.32 bits per heavy atom. The van der Waals surface area contributed by atoms with Crippen molar-refractivity contribution in [2.75, 3.05) is 4.90 Å². The first-order chi connectivity index (χ1) is 8.79. The average Bonchev–Trinajstić information content (AvgIpc) is 2.26. The van der Waals surface area contributed by atoms with E-state index in [1.807, 2.05) is 0 Å². The molecule has 2 N–H and O–H groups in total. The van der Waals surface area contributed by atoms with Crippen molar-refractivity contribution >= 4 is 39.5 Å². The lowest BCUT2D eigenvalue weighted by Crippen LogP contribution is -2.45. The van der Waals surface area contributed by atoms with Crippen LogP contribution in [0.5, 0.6) is 0 Å². The van der Waals surface area contributed by atoms with Gasteiger partial charge in [-0.3, -0.25) is 15.6 Å². The van der Waals surface area contributed by atoms with E-state index in [1.54, 1.807) is 0 Å². The number of pyridine rings is 1. The van der Waals surface area contributed by atoms with Gasteiger partial charge in [-0.1, -0.05) is 0 Å². The third-order valence-electron chi connectivity index (χ3n) is 2.20. The number of nitrogens with two attached hydrogens (primary N) is 1. The fraction of sp³-hybridized carbons (Fsp3) is 0.222. The zero-order valence-corrected chi connectivity index (χ0v) is 10.6. The molecule has 2 rings (SSSR count). The Kier molecular flexibility index (Phi) is 3.66. The number of aromatic nitrogens is 1. The van der Waals surface area contributed by atoms with Crippen molar-refractivity contribution in [1.82, 2.24) is 4.98 Å². The van der Waals surface area contributed by atoms with E-state index >= 15 is 0 Å². The number of anilines is 1. The summed E-state index contributed by atoms with van der Waals surface area (Å²) < 4.78 is 37.7. The average molecular weight is 312 g/mol. The molecule has 10 heteroatoms. The number of amidine groups is 2. The van der Waals surface area contributed by atoms with Gasteiger partial charge in [-0.25, -0.2) is 4.99 Å². The molecule has 0 saturated heterocycles. The summed E-state index contributed by atoms with van der Waals surface area (Å²) in [6.07, 6.45) is -4.63. The van der Waals surface area contributed by atoms with Gasteiger partial charge in [0.2, 0.25) is 10.6 Å². The fourth-order valence-electron chi connectivity index (χ4n) is 1.42. The smallest absolute Gasteiger partial charge is 0.292 e. The monoisotopic (exact) mass is 311 g/mol. The minimum atomic E-state index is -4.57. The maximum Gasteiger partial charge on any atom is 0.433 e. The molecule has 5 nitrogen and oxygen atoms in total. The summed E-state index contributed by atoms with van der Waals surface area (Å²) in [5.41, 5.74) is 4.64. The molecule has 1 atom stereocenters. The molecular formula is C9H6Cl2F3N5. The molecule has 0 saturated carbocycles. The topological polar surface area (TPSA) is 66.9 Å². The van der Waals surface area contributed by atoms with E-state index in [-0.39, 0.29) is 16.3 Å². The van der Waals surface area contributed by atoms with Crippen LogP contribution in [0.1, 0.15) is 5.69 Å². The number of aliphatic imine (C=N–C) groups is 2. The molecule has 19 heavy (non-hydrogen) atoms. The highest BCUT2D eigenvalue weighted by atomic mass is 35.5. The first kappa shape index (κ1) is 14.0. The number of rotatable bonds is 1. The van der Waals surface area contributed by atoms with Gasteiger partial charge in [0.15, 0.2) is 6.29 Å². The van der Waals surface area contributed by atoms with Crippen molar-refractivity contribution < 1.29 is 13.2 Å². The Bertz CT molecular complexity index is 557. The van der Waals surface area contributed by atoms with Gasteiger partial charge in [0.1, 0.15) is 5.69 Å². The summed E-state index contributed by atoms with van der Waals surface area (Å²) in [6.45, 7) is 0. The summed E-state index contributed by atoms with van der Waals surface area (Å²) in [6, 6.07) is 2.11. The maximum atomic E-state index is 12.6. The molecule has 0 aromatic carbocycles. The highest BCUT2D eigenvalue weighted by Gasteiger charge is 2.34. The van der Waals surface area contributed by atoms with Gasteiger partial charge in [0.25, 0.3) is 0 Å². The van der Waals surface area contributed by atoms with Crippen molar-refractivity contribution in [3.8, 4) is 0 Å². The molecule has 2 heterocycles. The molecule has 1 unspecified atom stereocenters. The summed E-state index contributed by atoms with van der Waals surface area (Å²) in [5.74, 6) is 0. The van der Waals surface area contributed by atoms with Crippen molar-refractivity contribution in [1.29, 1.82) is 0 Å². The molecule has 0 radical (unpaired) electrons. The minimum absolute atomic E-state index is 0.0662. The second kappa shape index (κ2) is 4.95. The van der Waals surface area contributed by atoms with Crippen LogP contribution in [0.4, 0.5) is 18.9 Å².